The molecular formula is C11H12N2O3. The lowest BCUT2D eigenvalue weighted by molar-refractivity contribution is -0.149. The summed E-state index contributed by atoms with van der Waals surface area (Å²) in [5.74, 6) is 0.677. The van der Waals surface area contributed by atoms with Gasteiger partial charge in [0.2, 0.25) is 5.91 Å². The van der Waals surface area contributed by atoms with Crippen LogP contribution in [0, 0.1) is 11.3 Å². The normalized spacial score (nSPS) is 20.8. The Balaban J connectivity index is 1.96. The smallest absolute Gasteiger partial charge is 0.249 e. The van der Waals surface area contributed by atoms with Gasteiger partial charge in [-0.1, -0.05) is 0 Å². The summed E-state index contributed by atoms with van der Waals surface area (Å²) < 4.78 is 10.4. The van der Waals surface area contributed by atoms with Gasteiger partial charge in [-0.3, -0.25) is 4.79 Å². The van der Waals surface area contributed by atoms with Gasteiger partial charge in [0.05, 0.1) is 31.4 Å². The van der Waals surface area contributed by atoms with Crippen LogP contribution in [0.5, 0.6) is 0 Å². The molecule has 0 aliphatic carbocycles. The molecule has 1 saturated heterocycles. The van der Waals surface area contributed by atoms with E-state index in [1.807, 2.05) is 12.1 Å². The first-order valence-electron chi connectivity index (χ1n) is 5.08. The zero-order valence-electron chi connectivity index (χ0n) is 8.76. The zero-order valence-corrected chi connectivity index (χ0v) is 8.76. The second kappa shape index (κ2) is 4.81. The Hall–Kier alpha value is -1.80. The first-order valence-corrected chi connectivity index (χ1v) is 5.08. The predicted molar refractivity (Wildman–Crippen MR) is 54.1 cm³/mol. The SMILES string of the molecule is N#CCC1CN(Cc2ccco2)C(=O)CO1. The topological polar surface area (TPSA) is 66.5 Å². The largest absolute Gasteiger partial charge is 0.467 e. The first kappa shape index (κ1) is 10.7. The van der Waals surface area contributed by atoms with Gasteiger partial charge < -0.3 is 14.1 Å². The number of nitrogens with zero attached hydrogens (tertiary/aromatic N) is 2. The molecule has 1 aliphatic heterocycles. The first-order chi connectivity index (χ1) is 7.79. The Morgan fingerprint density at radius 3 is 3.19 bits per heavy atom. The number of hydrogen-bond donors (Lipinski definition) is 0. The molecular weight excluding hydrogens is 208 g/mol. The molecule has 0 spiro atoms. The number of nitriles is 1. The average Bonchev–Trinajstić information content (AvgIpc) is 2.76. The summed E-state index contributed by atoms with van der Waals surface area (Å²) in [5.41, 5.74) is 0. The molecule has 2 rings (SSSR count). The molecule has 1 aromatic heterocycles. The van der Waals surface area contributed by atoms with Crippen LogP contribution in [0.15, 0.2) is 22.8 Å². The van der Waals surface area contributed by atoms with E-state index in [0.29, 0.717) is 19.5 Å². The van der Waals surface area contributed by atoms with E-state index in [0.717, 1.165) is 5.76 Å². The van der Waals surface area contributed by atoms with E-state index in [9.17, 15) is 4.79 Å². The van der Waals surface area contributed by atoms with E-state index >= 15 is 0 Å². The summed E-state index contributed by atoms with van der Waals surface area (Å²) in [5, 5.41) is 8.58. The van der Waals surface area contributed by atoms with Crippen LogP contribution < -0.4 is 0 Å². The van der Waals surface area contributed by atoms with Crippen molar-refractivity contribution in [2.24, 2.45) is 0 Å². The predicted octanol–water partition coefficient (Wildman–Crippen LogP) is 0.921. The molecule has 0 aromatic carbocycles. The van der Waals surface area contributed by atoms with Crippen molar-refractivity contribution in [3.8, 4) is 6.07 Å². The molecule has 1 amide bonds. The number of carbonyl (C=O) groups is 1. The second-order valence-electron chi connectivity index (χ2n) is 3.65. The fourth-order valence-corrected chi connectivity index (χ4v) is 1.65. The highest BCUT2D eigenvalue weighted by molar-refractivity contribution is 5.78. The molecule has 84 valence electrons. The van der Waals surface area contributed by atoms with E-state index in [4.69, 9.17) is 14.4 Å². The summed E-state index contributed by atoms with van der Waals surface area (Å²) in [7, 11) is 0. The Labute approximate surface area is 93.2 Å². The summed E-state index contributed by atoms with van der Waals surface area (Å²) >= 11 is 0. The molecule has 5 nitrogen and oxygen atoms in total. The molecule has 1 atom stereocenters. The van der Waals surface area contributed by atoms with Gasteiger partial charge in [-0.15, -0.1) is 0 Å². The van der Waals surface area contributed by atoms with Gasteiger partial charge >= 0.3 is 0 Å². The maximum atomic E-state index is 11.5. The molecule has 0 N–H and O–H groups in total. The Morgan fingerprint density at radius 2 is 2.50 bits per heavy atom. The highest BCUT2D eigenvalue weighted by Gasteiger charge is 2.26. The average molecular weight is 220 g/mol. The number of hydrogen-bond acceptors (Lipinski definition) is 4. The summed E-state index contributed by atoms with van der Waals surface area (Å²) in [4.78, 5) is 13.2. The molecule has 0 radical (unpaired) electrons. The summed E-state index contributed by atoms with van der Waals surface area (Å²) in [6, 6.07) is 5.65. The third-order valence-electron chi connectivity index (χ3n) is 2.46. The van der Waals surface area contributed by atoms with E-state index in [1.54, 1.807) is 17.2 Å². The highest BCUT2D eigenvalue weighted by Crippen LogP contribution is 2.13. The van der Waals surface area contributed by atoms with Gasteiger partial charge in [0.1, 0.15) is 12.4 Å². The van der Waals surface area contributed by atoms with Crippen LogP contribution >= 0.6 is 0 Å². The van der Waals surface area contributed by atoms with Crippen molar-refractivity contribution >= 4 is 5.91 Å². The van der Waals surface area contributed by atoms with Gasteiger partial charge in [-0.2, -0.15) is 5.26 Å². The van der Waals surface area contributed by atoms with Crippen molar-refractivity contribution in [2.45, 2.75) is 19.1 Å². The molecule has 0 saturated carbocycles. The zero-order chi connectivity index (χ0) is 11.4. The van der Waals surface area contributed by atoms with E-state index < -0.39 is 0 Å². The van der Waals surface area contributed by atoms with Crippen molar-refractivity contribution in [3.63, 3.8) is 0 Å². The maximum Gasteiger partial charge on any atom is 0.249 e. The quantitative estimate of drug-likeness (QED) is 0.759. The number of morpholine rings is 1. The van der Waals surface area contributed by atoms with Crippen LogP contribution in [0.1, 0.15) is 12.2 Å². The standard InChI is InChI=1S/C11H12N2O3/c12-4-3-10-7-13(11(14)8-16-10)6-9-2-1-5-15-9/h1-2,5,10H,3,6-8H2. The number of carbonyl (C=O) groups excluding carboxylic acids is 1. The molecule has 5 heteroatoms. The summed E-state index contributed by atoms with van der Waals surface area (Å²) in [6.45, 7) is 0.942. The van der Waals surface area contributed by atoms with Gasteiger partial charge in [0.15, 0.2) is 0 Å². The van der Waals surface area contributed by atoms with Crippen molar-refractivity contribution in [1.82, 2.24) is 4.90 Å². The van der Waals surface area contributed by atoms with Crippen LogP contribution in [0.3, 0.4) is 0 Å². The minimum Gasteiger partial charge on any atom is -0.467 e. The Morgan fingerprint density at radius 1 is 1.62 bits per heavy atom. The van der Waals surface area contributed by atoms with E-state index in [-0.39, 0.29) is 18.6 Å². The number of rotatable bonds is 3. The van der Waals surface area contributed by atoms with Gasteiger partial charge in [0.25, 0.3) is 0 Å². The molecule has 1 fully saturated rings. The highest BCUT2D eigenvalue weighted by atomic mass is 16.5. The number of amides is 1. The second-order valence-corrected chi connectivity index (χ2v) is 3.65. The summed E-state index contributed by atoms with van der Waals surface area (Å²) in [6.07, 6.45) is 1.70. The third-order valence-corrected chi connectivity index (χ3v) is 2.46. The number of furan rings is 1. The Kier molecular flexibility index (Phi) is 3.22. The van der Waals surface area contributed by atoms with Crippen molar-refractivity contribution in [1.29, 1.82) is 5.26 Å². The van der Waals surface area contributed by atoms with Crippen molar-refractivity contribution < 1.29 is 13.9 Å². The van der Waals surface area contributed by atoms with Crippen molar-refractivity contribution in [3.05, 3.63) is 24.2 Å². The fourth-order valence-electron chi connectivity index (χ4n) is 1.65. The molecule has 0 bridgehead atoms. The molecule has 1 aliphatic rings. The molecule has 2 heterocycles. The molecule has 1 aromatic rings. The lowest BCUT2D eigenvalue weighted by atomic mass is 10.2. The van der Waals surface area contributed by atoms with Crippen LogP contribution in [0.4, 0.5) is 0 Å². The van der Waals surface area contributed by atoms with E-state index in [2.05, 4.69) is 0 Å². The lowest BCUT2D eigenvalue weighted by Crippen LogP contribution is -2.45. The van der Waals surface area contributed by atoms with Gasteiger partial charge in [-0.25, -0.2) is 0 Å². The van der Waals surface area contributed by atoms with E-state index in [1.165, 1.54) is 0 Å². The monoisotopic (exact) mass is 220 g/mol. The molecule has 1 unspecified atom stereocenters. The van der Waals surface area contributed by atoms with Crippen molar-refractivity contribution in [2.75, 3.05) is 13.2 Å². The fraction of sp³-hybridized carbons (Fsp3) is 0.455. The van der Waals surface area contributed by atoms with Gasteiger partial charge in [-0.05, 0) is 12.1 Å². The minimum atomic E-state index is -0.183. The van der Waals surface area contributed by atoms with Crippen LogP contribution in [-0.4, -0.2) is 30.1 Å². The third kappa shape index (κ3) is 2.41. The van der Waals surface area contributed by atoms with Gasteiger partial charge in [0, 0.05) is 6.54 Å². The van der Waals surface area contributed by atoms with Crippen LogP contribution in [0.2, 0.25) is 0 Å². The minimum absolute atomic E-state index is 0.0487. The molecule has 16 heavy (non-hydrogen) atoms. The lowest BCUT2D eigenvalue weighted by Gasteiger charge is -2.31. The number of ether oxygens (including phenoxy) is 1. The van der Waals surface area contributed by atoms with Crippen LogP contribution in [0.25, 0.3) is 0 Å². The van der Waals surface area contributed by atoms with Crippen LogP contribution in [-0.2, 0) is 16.1 Å². The maximum absolute atomic E-state index is 11.5. The Bertz CT molecular complexity index is 394.